The van der Waals surface area contributed by atoms with Crippen LogP contribution in [0, 0.1) is 0 Å². The van der Waals surface area contributed by atoms with Gasteiger partial charge in [0.2, 0.25) is 11.8 Å². The molecule has 2 saturated heterocycles. The van der Waals surface area contributed by atoms with Gasteiger partial charge >= 0.3 is 0 Å². The zero-order valence-electron chi connectivity index (χ0n) is 19.0. The number of piperidine rings is 1. The number of fused-ring (bicyclic) bond motifs is 2. The number of carbonyl (C=O) groups is 3. The summed E-state index contributed by atoms with van der Waals surface area (Å²) < 4.78 is 6.10. The smallest absolute Gasteiger partial charge is 0.255 e. The van der Waals surface area contributed by atoms with Crippen molar-refractivity contribution in [1.29, 1.82) is 0 Å². The first-order valence-electron chi connectivity index (χ1n) is 12.1. The highest BCUT2D eigenvalue weighted by Crippen LogP contribution is 2.35. The van der Waals surface area contributed by atoms with E-state index in [1.807, 2.05) is 12.1 Å². The maximum Gasteiger partial charge on any atom is 0.255 e. The van der Waals surface area contributed by atoms with Crippen LogP contribution in [0.15, 0.2) is 36.4 Å². The second kappa shape index (κ2) is 8.43. The minimum atomic E-state index is -0.595. The Morgan fingerprint density at radius 3 is 2.74 bits per heavy atom. The predicted molar refractivity (Wildman–Crippen MR) is 126 cm³/mol. The molecule has 6 rings (SSSR count). The molecule has 2 fully saturated rings. The van der Waals surface area contributed by atoms with Crippen LogP contribution in [0.2, 0.25) is 0 Å². The Balaban J connectivity index is 1.25. The quantitative estimate of drug-likeness (QED) is 0.661. The summed E-state index contributed by atoms with van der Waals surface area (Å²) >= 11 is 0. The lowest BCUT2D eigenvalue weighted by molar-refractivity contribution is -0.136. The molecule has 0 radical (unpaired) electrons. The van der Waals surface area contributed by atoms with Crippen LogP contribution in [0.1, 0.15) is 46.3 Å². The number of ether oxygens (including phenoxy) is 1. The molecule has 3 amide bonds. The molecule has 0 bridgehead atoms. The summed E-state index contributed by atoms with van der Waals surface area (Å²) in [5.74, 6) is 0.120. The fraction of sp³-hybridized carbons (Fsp3) is 0.423. The van der Waals surface area contributed by atoms with E-state index in [0.717, 1.165) is 49.4 Å². The lowest BCUT2D eigenvalue weighted by Gasteiger charge is -2.33. The topological polar surface area (TPSA) is 91.0 Å². The zero-order chi connectivity index (χ0) is 23.2. The molecule has 34 heavy (non-hydrogen) atoms. The van der Waals surface area contributed by atoms with Crippen molar-refractivity contribution in [3.63, 3.8) is 0 Å². The van der Waals surface area contributed by atoms with Gasteiger partial charge < -0.3 is 19.9 Å². The molecule has 0 aliphatic carbocycles. The molecular formula is C26H28N4O4. The minimum Gasteiger partial charge on any atom is -0.488 e. The van der Waals surface area contributed by atoms with E-state index in [4.69, 9.17) is 4.74 Å². The van der Waals surface area contributed by atoms with Crippen molar-refractivity contribution in [2.75, 3.05) is 24.5 Å². The first-order chi connectivity index (χ1) is 16.6. The Hall–Kier alpha value is -3.39. The number of amides is 3. The van der Waals surface area contributed by atoms with Gasteiger partial charge in [0, 0.05) is 56.5 Å². The summed E-state index contributed by atoms with van der Waals surface area (Å²) in [5, 5.41) is 5.61. The third kappa shape index (κ3) is 3.72. The zero-order valence-corrected chi connectivity index (χ0v) is 19.0. The molecule has 1 atom stereocenters. The number of hydrogen-bond acceptors (Lipinski definition) is 6. The summed E-state index contributed by atoms with van der Waals surface area (Å²) in [6.07, 6.45) is 2.99. The van der Waals surface area contributed by atoms with Crippen LogP contribution in [0.3, 0.4) is 0 Å². The number of anilines is 1. The van der Waals surface area contributed by atoms with Crippen LogP contribution in [-0.4, -0.2) is 54.4 Å². The van der Waals surface area contributed by atoms with Gasteiger partial charge in [0.1, 0.15) is 17.9 Å². The van der Waals surface area contributed by atoms with Crippen molar-refractivity contribution in [2.45, 2.75) is 50.9 Å². The third-order valence-corrected chi connectivity index (χ3v) is 7.36. The van der Waals surface area contributed by atoms with Crippen molar-refractivity contribution < 1.29 is 19.1 Å². The van der Waals surface area contributed by atoms with Gasteiger partial charge in [-0.15, -0.1) is 0 Å². The second-order valence-electron chi connectivity index (χ2n) is 9.56. The first-order valence-corrected chi connectivity index (χ1v) is 12.1. The summed E-state index contributed by atoms with van der Waals surface area (Å²) in [4.78, 5) is 41.1. The van der Waals surface area contributed by atoms with E-state index < -0.39 is 6.04 Å². The normalized spacial score (nSPS) is 22.2. The first kappa shape index (κ1) is 21.2. The molecule has 0 saturated carbocycles. The van der Waals surface area contributed by atoms with E-state index in [1.54, 1.807) is 4.90 Å². The fourth-order valence-electron chi connectivity index (χ4n) is 5.41. The average Bonchev–Trinajstić information content (AvgIpc) is 3.14. The molecule has 0 spiro atoms. The molecule has 8 nitrogen and oxygen atoms in total. The standard InChI is InChI=1S/C26H28N4O4/c31-24-9-8-22(25(32)28-24)30-15-21-17(3-1-5-20(21)26(30)33)14-29-10-2-4-16-6-7-18(11-23(16)29)34-19-12-27-13-19/h1,3,5-7,11,19,22,27H,2,4,8-10,12-15H2,(H,28,31,32). The Morgan fingerprint density at radius 1 is 1.06 bits per heavy atom. The summed E-state index contributed by atoms with van der Waals surface area (Å²) in [5.41, 5.74) is 5.26. The highest BCUT2D eigenvalue weighted by atomic mass is 16.5. The number of nitrogens with one attached hydrogen (secondary N) is 2. The molecule has 176 valence electrons. The summed E-state index contributed by atoms with van der Waals surface area (Å²) in [6, 6.07) is 11.6. The van der Waals surface area contributed by atoms with Crippen molar-refractivity contribution in [2.24, 2.45) is 0 Å². The molecule has 8 heteroatoms. The largest absolute Gasteiger partial charge is 0.488 e. The number of carbonyl (C=O) groups excluding carboxylic acids is 3. The van der Waals surface area contributed by atoms with Crippen molar-refractivity contribution in [3.8, 4) is 5.75 Å². The summed E-state index contributed by atoms with van der Waals surface area (Å²) in [7, 11) is 0. The molecule has 2 aromatic rings. The Kier molecular flexibility index (Phi) is 5.25. The maximum absolute atomic E-state index is 13.2. The van der Waals surface area contributed by atoms with Crippen molar-refractivity contribution in [3.05, 3.63) is 58.7 Å². The van der Waals surface area contributed by atoms with Crippen LogP contribution in [-0.2, 0) is 29.1 Å². The van der Waals surface area contributed by atoms with Crippen LogP contribution in [0.4, 0.5) is 5.69 Å². The van der Waals surface area contributed by atoms with E-state index in [9.17, 15) is 14.4 Å². The fourth-order valence-corrected chi connectivity index (χ4v) is 5.41. The Bertz CT molecular complexity index is 1180. The van der Waals surface area contributed by atoms with Crippen LogP contribution >= 0.6 is 0 Å². The number of nitrogens with zero attached hydrogens (tertiary/aromatic N) is 2. The van der Waals surface area contributed by atoms with Gasteiger partial charge in [0.05, 0.1) is 0 Å². The molecule has 4 aliphatic rings. The lowest BCUT2D eigenvalue weighted by Crippen LogP contribution is -2.52. The van der Waals surface area contributed by atoms with E-state index in [2.05, 4.69) is 39.8 Å². The molecule has 2 aromatic carbocycles. The van der Waals surface area contributed by atoms with Gasteiger partial charge in [-0.05, 0) is 48.1 Å². The van der Waals surface area contributed by atoms with Crippen LogP contribution in [0.25, 0.3) is 0 Å². The monoisotopic (exact) mass is 460 g/mol. The highest BCUT2D eigenvalue weighted by Gasteiger charge is 2.40. The second-order valence-corrected chi connectivity index (χ2v) is 9.56. The van der Waals surface area contributed by atoms with E-state index in [1.165, 1.54) is 11.3 Å². The Labute approximate surface area is 198 Å². The lowest BCUT2D eigenvalue weighted by atomic mass is 9.98. The highest BCUT2D eigenvalue weighted by molar-refractivity contribution is 6.05. The van der Waals surface area contributed by atoms with Gasteiger partial charge in [-0.2, -0.15) is 0 Å². The maximum atomic E-state index is 13.2. The molecule has 2 N–H and O–H groups in total. The van der Waals surface area contributed by atoms with E-state index >= 15 is 0 Å². The third-order valence-electron chi connectivity index (χ3n) is 7.36. The molecule has 4 aliphatic heterocycles. The van der Waals surface area contributed by atoms with Gasteiger partial charge in [0.15, 0.2) is 0 Å². The number of aryl methyl sites for hydroxylation is 1. The number of benzene rings is 2. The molecule has 4 heterocycles. The van der Waals surface area contributed by atoms with Gasteiger partial charge in [-0.1, -0.05) is 18.2 Å². The van der Waals surface area contributed by atoms with Crippen LogP contribution in [0.5, 0.6) is 5.75 Å². The van der Waals surface area contributed by atoms with E-state index in [-0.39, 0.29) is 30.2 Å². The Morgan fingerprint density at radius 2 is 1.94 bits per heavy atom. The molecule has 0 aromatic heterocycles. The molecular weight excluding hydrogens is 432 g/mol. The number of hydrogen-bond donors (Lipinski definition) is 2. The summed E-state index contributed by atoms with van der Waals surface area (Å²) in [6.45, 7) is 3.80. The van der Waals surface area contributed by atoms with Crippen molar-refractivity contribution in [1.82, 2.24) is 15.5 Å². The van der Waals surface area contributed by atoms with E-state index in [0.29, 0.717) is 25.1 Å². The van der Waals surface area contributed by atoms with Gasteiger partial charge in [-0.3, -0.25) is 19.7 Å². The van der Waals surface area contributed by atoms with Crippen LogP contribution < -0.4 is 20.3 Å². The molecule has 1 unspecified atom stereocenters. The number of rotatable bonds is 5. The minimum absolute atomic E-state index is 0.129. The SMILES string of the molecule is O=C1CCC(N2Cc3c(CN4CCCc5ccc(OC6CNC6)cc54)cccc3C2=O)C(=O)N1. The van der Waals surface area contributed by atoms with Gasteiger partial charge in [-0.25, -0.2) is 0 Å². The van der Waals surface area contributed by atoms with Crippen molar-refractivity contribution >= 4 is 23.4 Å². The van der Waals surface area contributed by atoms with Gasteiger partial charge in [0.25, 0.3) is 5.91 Å². The number of imide groups is 1. The average molecular weight is 461 g/mol. The predicted octanol–water partition coefficient (Wildman–Crippen LogP) is 1.75.